The van der Waals surface area contributed by atoms with Crippen molar-refractivity contribution >= 4 is 10.1 Å². The summed E-state index contributed by atoms with van der Waals surface area (Å²) in [6, 6.07) is -0.170. The topological polar surface area (TPSA) is 106 Å². The molecule has 0 saturated carbocycles. The summed E-state index contributed by atoms with van der Waals surface area (Å²) >= 11 is 0. The maximum Gasteiger partial charge on any atom is 0.264 e. The molecule has 0 bridgehead atoms. The lowest BCUT2D eigenvalue weighted by molar-refractivity contribution is 0.477. The molecule has 1 atom stereocenters. The molecule has 0 aliphatic heterocycles. The van der Waals surface area contributed by atoms with Gasteiger partial charge in [-0.2, -0.15) is 8.42 Å². The van der Waals surface area contributed by atoms with Crippen molar-refractivity contribution in [1.82, 2.24) is 0 Å². The van der Waals surface area contributed by atoms with Gasteiger partial charge >= 0.3 is 0 Å². The Bertz CT molecular complexity index is 190. The van der Waals surface area contributed by atoms with Gasteiger partial charge in [-0.05, 0) is 12.8 Å². The van der Waals surface area contributed by atoms with Crippen LogP contribution in [0.3, 0.4) is 0 Å². The maximum absolute atomic E-state index is 10.2. The second-order valence-corrected chi connectivity index (χ2v) is 4.00. The molecule has 0 saturated heterocycles. The molecule has 0 aromatic carbocycles. The molecule has 0 spiro atoms. The van der Waals surface area contributed by atoms with Crippen molar-refractivity contribution in [3.8, 4) is 0 Å². The van der Waals surface area contributed by atoms with Crippen LogP contribution in [0.4, 0.5) is 0 Å². The molecule has 0 heterocycles. The molecule has 5 N–H and O–H groups in total. The monoisotopic (exact) mass is 182 g/mol. The zero-order valence-electron chi connectivity index (χ0n) is 6.23. The maximum atomic E-state index is 10.2. The molecule has 6 heteroatoms. The van der Waals surface area contributed by atoms with Gasteiger partial charge < -0.3 is 11.5 Å². The Morgan fingerprint density at radius 1 is 1.45 bits per heavy atom. The number of rotatable bonds is 5. The molecular weight excluding hydrogens is 168 g/mol. The Labute approximate surface area is 66.5 Å². The van der Waals surface area contributed by atoms with E-state index in [4.69, 9.17) is 16.0 Å². The van der Waals surface area contributed by atoms with E-state index < -0.39 is 10.1 Å². The van der Waals surface area contributed by atoms with Crippen molar-refractivity contribution in [1.29, 1.82) is 0 Å². The van der Waals surface area contributed by atoms with Gasteiger partial charge in [-0.25, -0.2) is 0 Å². The summed E-state index contributed by atoms with van der Waals surface area (Å²) in [6.07, 6.45) is 0.882. The van der Waals surface area contributed by atoms with Gasteiger partial charge in [0.05, 0.1) is 5.75 Å². The van der Waals surface area contributed by atoms with Gasteiger partial charge in [-0.15, -0.1) is 0 Å². The van der Waals surface area contributed by atoms with Gasteiger partial charge in [0.15, 0.2) is 0 Å². The Balaban J connectivity index is 3.43. The highest BCUT2D eigenvalue weighted by molar-refractivity contribution is 7.85. The minimum Gasteiger partial charge on any atom is -0.329 e. The van der Waals surface area contributed by atoms with E-state index in [9.17, 15) is 8.42 Å². The number of hydrogen-bond acceptors (Lipinski definition) is 4. The summed E-state index contributed by atoms with van der Waals surface area (Å²) in [4.78, 5) is 0. The van der Waals surface area contributed by atoms with Gasteiger partial charge in [-0.1, -0.05) is 0 Å². The summed E-state index contributed by atoms with van der Waals surface area (Å²) < 4.78 is 28.7. The SMILES string of the molecule is NCC(N)CCCS(=O)(=O)O. The molecule has 5 nitrogen and oxygen atoms in total. The van der Waals surface area contributed by atoms with Crippen LogP contribution in [-0.4, -0.2) is 31.3 Å². The first kappa shape index (κ1) is 10.8. The van der Waals surface area contributed by atoms with Gasteiger partial charge in [0, 0.05) is 12.6 Å². The van der Waals surface area contributed by atoms with Crippen LogP contribution in [0.5, 0.6) is 0 Å². The Hall–Kier alpha value is -0.170. The summed E-state index contributed by atoms with van der Waals surface area (Å²) in [5.41, 5.74) is 10.6. The lowest BCUT2D eigenvalue weighted by Gasteiger charge is -2.05. The van der Waals surface area contributed by atoms with Crippen molar-refractivity contribution in [2.24, 2.45) is 11.5 Å². The van der Waals surface area contributed by atoms with E-state index in [0.29, 0.717) is 19.4 Å². The number of nitrogens with two attached hydrogens (primary N) is 2. The normalized spacial score (nSPS) is 14.8. The third-order valence-corrected chi connectivity index (χ3v) is 2.08. The van der Waals surface area contributed by atoms with Crippen molar-refractivity contribution < 1.29 is 13.0 Å². The molecule has 11 heavy (non-hydrogen) atoms. The van der Waals surface area contributed by atoms with E-state index in [1.807, 2.05) is 0 Å². The van der Waals surface area contributed by atoms with Crippen molar-refractivity contribution in [3.05, 3.63) is 0 Å². The third kappa shape index (κ3) is 7.73. The van der Waals surface area contributed by atoms with Crippen LogP contribution >= 0.6 is 0 Å². The smallest absolute Gasteiger partial charge is 0.264 e. The average Bonchev–Trinajstić information content (AvgIpc) is 1.85. The van der Waals surface area contributed by atoms with Crippen molar-refractivity contribution in [3.63, 3.8) is 0 Å². The molecule has 0 aliphatic rings. The minimum atomic E-state index is -3.82. The molecule has 0 radical (unpaired) electrons. The van der Waals surface area contributed by atoms with Crippen molar-refractivity contribution in [2.45, 2.75) is 18.9 Å². The highest BCUT2D eigenvalue weighted by atomic mass is 32.2. The summed E-state index contributed by atoms with van der Waals surface area (Å²) in [5, 5.41) is 0. The average molecular weight is 182 g/mol. The minimum absolute atomic E-state index is 0.170. The second kappa shape index (κ2) is 4.66. The molecule has 0 rings (SSSR count). The summed E-state index contributed by atoms with van der Waals surface area (Å²) in [5.74, 6) is -0.235. The Kier molecular flexibility index (Phi) is 4.58. The van der Waals surface area contributed by atoms with E-state index in [1.165, 1.54) is 0 Å². The van der Waals surface area contributed by atoms with Crippen LogP contribution in [0, 0.1) is 0 Å². The van der Waals surface area contributed by atoms with E-state index >= 15 is 0 Å². The van der Waals surface area contributed by atoms with E-state index in [0.717, 1.165) is 0 Å². The van der Waals surface area contributed by atoms with Gasteiger partial charge in [-0.3, -0.25) is 4.55 Å². The predicted octanol–water partition coefficient (Wildman–Crippen LogP) is -1.06. The molecule has 0 amide bonds. The lowest BCUT2D eigenvalue weighted by atomic mass is 10.2. The largest absolute Gasteiger partial charge is 0.329 e. The highest BCUT2D eigenvalue weighted by Crippen LogP contribution is 1.96. The highest BCUT2D eigenvalue weighted by Gasteiger charge is 2.05. The van der Waals surface area contributed by atoms with E-state index in [2.05, 4.69) is 0 Å². The molecule has 0 aromatic rings. The standard InChI is InChI=1S/C5H14N2O3S/c6-4-5(7)2-1-3-11(8,9)10/h5H,1-4,6-7H2,(H,8,9,10). The van der Waals surface area contributed by atoms with Crippen LogP contribution in [-0.2, 0) is 10.1 Å². The Morgan fingerprint density at radius 3 is 2.36 bits per heavy atom. The first-order valence-corrected chi connectivity index (χ1v) is 4.97. The van der Waals surface area contributed by atoms with Crippen LogP contribution in [0.25, 0.3) is 0 Å². The molecule has 1 unspecified atom stereocenters. The first-order chi connectivity index (χ1) is 4.95. The second-order valence-electron chi connectivity index (χ2n) is 2.42. The number of hydrogen-bond donors (Lipinski definition) is 3. The Morgan fingerprint density at radius 2 is 2.00 bits per heavy atom. The quantitative estimate of drug-likeness (QED) is 0.470. The van der Waals surface area contributed by atoms with Crippen molar-refractivity contribution in [2.75, 3.05) is 12.3 Å². The molecule has 0 aromatic heterocycles. The van der Waals surface area contributed by atoms with E-state index in [-0.39, 0.29) is 11.8 Å². The zero-order chi connectivity index (χ0) is 8.91. The van der Waals surface area contributed by atoms with Crippen LogP contribution in [0.15, 0.2) is 0 Å². The first-order valence-electron chi connectivity index (χ1n) is 3.36. The lowest BCUT2D eigenvalue weighted by Crippen LogP contribution is -2.29. The fraction of sp³-hybridized carbons (Fsp3) is 1.00. The predicted molar refractivity (Wildman–Crippen MR) is 42.7 cm³/mol. The molecule has 0 aliphatic carbocycles. The molecule has 68 valence electrons. The zero-order valence-corrected chi connectivity index (χ0v) is 7.05. The van der Waals surface area contributed by atoms with Crippen LogP contribution in [0.2, 0.25) is 0 Å². The fourth-order valence-electron chi connectivity index (χ4n) is 0.646. The van der Waals surface area contributed by atoms with E-state index in [1.54, 1.807) is 0 Å². The fourth-order valence-corrected chi connectivity index (χ4v) is 1.18. The van der Waals surface area contributed by atoms with Crippen LogP contribution in [0.1, 0.15) is 12.8 Å². The molecule has 0 fully saturated rings. The van der Waals surface area contributed by atoms with Gasteiger partial charge in [0.25, 0.3) is 10.1 Å². The van der Waals surface area contributed by atoms with Gasteiger partial charge in [0.2, 0.25) is 0 Å². The third-order valence-electron chi connectivity index (χ3n) is 1.28. The van der Waals surface area contributed by atoms with Crippen LogP contribution < -0.4 is 11.5 Å². The molecular formula is C5H14N2O3S. The summed E-state index contributed by atoms with van der Waals surface area (Å²) in [6.45, 7) is 0.339. The van der Waals surface area contributed by atoms with Gasteiger partial charge in [0.1, 0.15) is 0 Å². The summed E-state index contributed by atoms with van der Waals surface area (Å²) in [7, 11) is -3.82.